The molecule has 0 radical (unpaired) electrons. The summed E-state index contributed by atoms with van der Waals surface area (Å²) in [7, 11) is 0. The van der Waals surface area contributed by atoms with Crippen molar-refractivity contribution in [2.75, 3.05) is 5.73 Å². The van der Waals surface area contributed by atoms with Gasteiger partial charge in [-0.2, -0.15) is 0 Å². The van der Waals surface area contributed by atoms with E-state index >= 15 is 0 Å². The number of halogens is 2. The number of hydrogen-bond donors (Lipinski definition) is 3. The van der Waals surface area contributed by atoms with E-state index in [-0.39, 0.29) is 11.9 Å². The highest BCUT2D eigenvalue weighted by Gasteiger charge is 2.14. The van der Waals surface area contributed by atoms with Crippen LogP contribution in [0, 0.1) is 5.82 Å². The number of nitrogen functional groups attached to an aromatic ring is 1. The van der Waals surface area contributed by atoms with Crippen molar-refractivity contribution in [2.45, 2.75) is 12.5 Å². The lowest BCUT2D eigenvalue weighted by atomic mass is 9.98. The summed E-state index contributed by atoms with van der Waals surface area (Å²) in [6.07, 6.45) is 0.564. The Hall–Kier alpha value is -1.43. The second kappa shape index (κ2) is 6.14. The van der Waals surface area contributed by atoms with Crippen molar-refractivity contribution < 1.29 is 4.39 Å². The summed E-state index contributed by atoms with van der Waals surface area (Å²) < 4.78 is 14.1. The predicted octanol–water partition coefficient (Wildman–Crippen LogP) is 2.92. The molecule has 0 amide bonds. The SMILES string of the molecule is NNC(Cc1cccc(F)c1)c1cc(Br)ccc1N. The van der Waals surface area contributed by atoms with Gasteiger partial charge < -0.3 is 5.73 Å². The number of benzene rings is 2. The molecule has 0 fully saturated rings. The standard InChI is InChI=1S/C14H15BrFN3/c15-10-4-5-13(17)12(8-10)14(19-18)7-9-2-1-3-11(16)6-9/h1-6,8,14,19H,7,17-18H2. The summed E-state index contributed by atoms with van der Waals surface area (Å²) >= 11 is 3.41. The van der Waals surface area contributed by atoms with Crippen LogP contribution in [0.1, 0.15) is 17.2 Å². The van der Waals surface area contributed by atoms with E-state index in [1.807, 2.05) is 24.3 Å². The molecule has 1 atom stereocenters. The van der Waals surface area contributed by atoms with Crippen LogP contribution in [-0.2, 0) is 6.42 Å². The van der Waals surface area contributed by atoms with E-state index in [0.29, 0.717) is 12.1 Å². The first kappa shape index (κ1) is 14.0. The van der Waals surface area contributed by atoms with Crippen molar-refractivity contribution in [3.8, 4) is 0 Å². The largest absolute Gasteiger partial charge is 0.398 e. The van der Waals surface area contributed by atoms with Gasteiger partial charge in [-0.3, -0.25) is 11.3 Å². The maximum Gasteiger partial charge on any atom is 0.123 e. The van der Waals surface area contributed by atoms with Crippen LogP contribution in [-0.4, -0.2) is 0 Å². The van der Waals surface area contributed by atoms with Gasteiger partial charge in [0.15, 0.2) is 0 Å². The van der Waals surface area contributed by atoms with E-state index in [1.54, 1.807) is 6.07 Å². The lowest BCUT2D eigenvalue weighted by Gasteiger charge is -2.18. The highest BCUT2D eigenvalue weighted by molar-refractivity contribution is 9.10. The molecule has 0 bridgehead atoms. The van der Waals surface area contributed by atoms with Gasteiger partial charge >= 0.3 is 0 Å². The summed E-state index contributed by atoms with van der Waals surface area (Å²) in [6.45, 7) is 0. The molecule has 0 heterocycles. The first-order chi connectivity index (χ1) is 9.10. The zero-order chi connectivity index (χ0) is 13.8. The smallest absolute Gasteiger partial charge is 0.123 e. The van der Waals surface area contributed by atoms with Gasteiger partial charge in [0, 0.05) is 10.2 Å². The Labute approximate surface area is 119 Å². The van der Waals surface area contributed by atoms with Crippen molar-refractivity contribution in [3.05, 3.63) is 63.9 Å². The van der Waals surface area contributed by atoms with Crippen molar-refractivity contribution in [1.29, 1.82) is 0 Å². The Morgan fingerprint density at radius 3 is 2.68 bits per heavy atom. The molecule has 0 spiro atoms. The molecule has 0 saturated carbocycles. The number of hydrogen-bond acceptors (Lipinski definition) is 3. The summed E-state index contributed by atoms with van der Waals surface area (Å²) in [6, 6.07) is 11.9. The molecule has 0 aromatic heterocycles. The lowest BCUT2D eigenvalue weighted by Crippen LogP contribution is -2.30. The first-order valence-corrected chi connectivity index (χ1v) is 6.65. The highest BCUT2D eigenvalue weighted by atomic mass is 79.9. The van der Waals surface area contributed by atoms with Crippen LogP contribution in [0.15, 0.2) is 46.9 Å². The van der Waals surface area contributed by atoms with Crippen LogP contribution < -0.4 is 17.0 Å². The van der Waals surface area contributed by atoms with Gasteiger partial charge in [0.1, 0.15) is 5.82 Å². The maximum absolute atomic E-state index is 13.2. The van der Waals surface area contributed by atoms with Crippen molar-refractivity contribution in [2.24, 2.45) is 5.84 Å². The lowest BCUT2D eigenvalue weighted by molar-refractivity contribution is 0.550. The molecule has 1 unspecified atom stereocenters. The molecular formula is C14H15BrFN3. The fraction of sp³-hybridized carbons (Fsp3) is 0.143. The van der Waals surface area contributed by atoms with Crippen LogP contribution in [0.2, 0.25) is 0 Å². The molecule has 0 aliphatic heterocycles. The van der Waals surface area contributed by atoms with Gasteiger partial charge in [-0.15, -0.1) is 0 Å². The fourth-order valence-electron chi connectivity index (χ4n) is 2.01. The molecule has 5 N–H and O–H groups in total. The zero-order valence-corrected chi connectivity index (χ0v) is 11.8. The van der Waals surface area contributed by atoms with Crippen molar-refractivity contribution in [3.63, 3.8) is 0 Å². The first-order valence-electron chi connectivity index (χ1n) is 5.85. The fourth-order valence-corrected chi connectivity index (χ4v) is 2.38. The Kier molecular flexibility index (Phi) is 4.52. The third-order valence-corrected chi connectivity index (χ3v) is 3.45. The summed E-state index contributed by atoms with van der Waals surface area (Å²) in [5.41, 5.74) is 11.1. The Morgan fingerprint density at radius 2 is 2.00 bits per heavy atom. The molecule has 2 rings (SSSR count). The number of hydrazine groups is 1. The Bertz CT molecular complexity index is 574. The van der Waals surface area contributed by atoms with Gasteiger partial charge in [0.05, 0.1) is 6.04 Å². The van der Waals surface area contributed by atoms with Gasteiger partial charge in [0.2, 0.25) is 0 Å². The van der Waals surface area contributed by atoms with Crippen LogP contribution in [0.5, 0.6) is 0 Å². The minimum absolute atomic E-state index is 0.167. The van der Waals surface area contributed by atoms with Gasteiger partial charge in [-0.1, -0.05) is 28.1 Å². The average molecular weight is 324 g/mol. The number of nitrogens with one attached hydrogen (secondary N) is 1. The van der Waals surface area contributed by atoms with Crippen molar-refractivity contribution in [1.82, 2.24) is 5.43 Å². The van der Waals surface area contributed by atoms with E-state index in [9.17, 15) is 4.39 Å². The Morgan fingerprint density at radius 1 is 1.21 bits per heavy atom. The predicted molar refractivity (Wildman–Crippen MR) is 78.7 cm³/mol. The van der Waals surface area contributed by atoms with Gasteiger partial charge in [-0.25, -0.2) is 4.39 Å². The number of rotatable bonds is 4. The van der Waals surface area contributed by atoms with Crippen LogP contribution in [0.4, 0.5) is 10.1 Å². The summed E-state index contributed by atoms with van der Waals surface area (Å²) in [5.74, 6) is 5.34. The van der Waals surface area contributed by atoms with E-state index in [1.165, 1.54) is 12.1 Å². The second-order valence-electron chi connectivity index (χ2n) is 4.33. The van der Waals surface area contributed by atoms with E-state index in [0.717, 1.165) is 15.6 Å². The third-order valence-electron chi connectivity index (χ3n) is 2.95. The third kappa shape index (κ3) is 3.53. The van der Waals surface area contributed by atoms with E-state index < -0.39 is 0 Å². The minimum Gasteiger partial charge on any atom is -0.398 e. The molecule has 3 nitrogen and oxygen atoms in total. The van der Waals surface area contributed by atoms with E-state index in [2.05, 4.69) is 21.4 Å². The van der Waals surface area contributed by atoms with Crippen LogP contribution >= 0.6 is 15.9 Å². The number of anilines is 1. The van der Waals surface area contributed by atoms with Gasteiger partial charge in [-0.05, 0) is 47.9 Å². The molecule has 5 heteroatoms. The second-order valence-corrected chi connectivity index (χ2v) is 5.24. The molecule has 0 saturated heterocycles. The molecule has 0 aliphatic rings. The normalized spacial score (nSPS) is 12.4. The monoisotopic (exact) mass is 323 g/mol. The summed E-state index contributed by atoms with van der Waals surface area (Å²) in [5, 5.41) is 0. The molecule has 2 aromatic rings. The van der Waals surface area contributed by atoms with Crippen molar-refractivity contribution >= 4 is 21.6 Å². The van der Waals surface area contributed by atoms with Gasteiger partial charge in [0.25, 0.3) is 0 Å². The highest BCUT2D eigenvalue weighted by Crippen LogP contribution is 2.26. The quantitative estimate of drug-likeness (QED) is 0.460. The van der Waals surface area contributed by atoms with Crippen LogP contribution in [0.3, 0.4) is 0 Å². The average Bonchev–Trinajstić information content (AvgIpc) is 2.39. The maximum atomic E-state index is 13.2. The molecule has 2 aromatic carbocycles. The van der Waals surface area contributed by atoms with Crippen LogP contribution in [0.25, 0.3) is 0 Å². The minimum atomic E-state index is -0.254. The molecule has 19 heavy (non-hydrogen) atoms. The summed E-state index contributed by atoms with van der Waals surface area (Å²) in [4.78, 5) is 0. The topological polar surface area (TPSA) is 64.1 Å². The molecule has 100 valence electrons. The Balaban J connectivity index is 2.27. The molecular weight excluding hydrogens is 309 g/mol. The molecule has 0 aliphatic carbocycles. The zero-order valence-electron chi connectivity index (χ0n) is 10.2. The van der Waals surface area contributed by atoms with E-state index in [4.69, 9.17) is 11.6 Å². The number of nitrogens with two attached hydrogens (primary N) is 2.